The van der Waals surface area contributed by atoms with Crippen LogP contribution in [0.2, 0.25) is 0 Å². The number of hydrogen-bond acceptors (Lipinski definition) is 3. The molecule has 1 heterocycles. The van der Waals surface area contributed by atoms with Crippen LogP contribution in [0.25, 0.3) is 6.08 Å². The van der Waals surface area contributed by atoms with Crippen molar-refractivity contribution in [2.24, 2.45) is 0 Å². The molecule has 94 valence electrons. The molecule has 0 atom stereocenters. The second-order valence-electron chi connectivity index (χ2n) is 4.21. The Bertz CT molecular complexity index is 657. The summed E-state index contributed by atoms with van der Waals surface area (Å²) in [6.45, 7) is 0. The maximum atomic E-state index is 12.2. The average Bonchev–Trinajstić information content (AvgIpc) is 2.77. The first-order valence-corrected chi connectivity index (χ1v) is 6.77. The number of thioether (sulfide) groups is 1. The fourth-order valence-electron chi connectivity index (χ4n) is 1.99. The van der Waals surface area contributed by atoms with Crippen molar-refractivity contribution in [3.8, 4) is 5.75 Å². The molecule has 0 aliphatic carbocycles. The van der Waals surface area contributed by atoms with E-state index in [4.69, 9.17) is 4.74 Å². The molecule has 0 radical (unpaired) electrons. The van der Waals surface area contributed by atoms with E-state index in [0.29, 0.717) is 0 Å². The Morgan fingerprint density at radius 1 is 1.05 bits per heavy atom. The van der Waals surface area contributed by atoms with E-state index in [9.17, 15) is 4.79 Å². The number of rotatable bonds is 2. The summed E-state index contributed by atoms with van der Waals surface area (Å²) in [6.07, 6.45) is 1.92. The first kappa shape index (κ1) is 12.1. The summed E-state index contributed by atoms with van der Waals surface area (Å²) < 4.78 is 5.12. The molecule has 1 aliphatic heterocycles. The van der Waals surface area contributed by atoms with Gasteiger partial charge in [-0.3, -0.25) is 4.79 Å². The molecule has 2 aromatic carbocycles. The van der Waals surface area contributed by atoms with Crippen molar-refractivity contribution in [3.05, 3.63) is 64.6 Å². The number of allylic oxidation sites excluding steroid dienone is 1. The predicted octanol–water partition coefficient (Wildman–Crippen LogP) is 4.02. The van der Waals surface area contributed by atoms with E-state index in [1.807, 2.05) is 54.6 Å². The third kappa shape index (κ3) is 2.29. The summed E-state index contributed by atoms with van der Waals surface area (Å²) in [5.41, 5.74) is 1.80. The lowest BCUT2D eigenvalue weighted by molar-refractivity contribution is 0.104. The number of carbonyl (C=O) groups excluding carboxylic acids is 1. The predicted molar refractivity (Wildman–Crippen MR) is 77.6 cm³/mol. The minimum atomic E-state index is 0.108. The highest BCUT2D eigenvalue weighted by atomic mass is 32.2. The zero-order valence-electron chi connectivity index (χ0n) is 10.4. The molecule has 0 bridgehead atoms. The molecule has 0 saturated carbocycles. The smallest absolute Gasteiger partial charge is 0.200 e. The monoisotopic (exact) mass is 268 g/mol. The van der Waals surface area contributed by atoms with E-state index in [2.05, 4.69) is 0 Å². The molecule has 2 aromatic rings. The van der Waals surface area contributed by atoms with E-state index in [0.717, 1.165) is 26.7 Å². The zero-order chi connectivity index (χ0) is 13.2. The Labute approximate surface area is 116 Å². The Morgan fingerprint density at radius 3 is 2.47 bits per heavy atom. The molecular formula is C16H12O2S. The van der Waals surface area contributed by atoms with Crippen LogP contribution in [-0.2, 0) is 0 Å². The molecule has 0 aromatic heterocycles. The number of ketones is 1. The Hall–Kier alpha value is -2.00. The summed E-state index contributed by atoms with van der Waals surface area (Å²) in [5.74, 6) is 0.923. The van der Waals surface area contributed by atoms with Crippen molar-refractivity contribution in [1.82, 2.24) is 0 Å². The fourth-order valence-corrected chi connectivity index (χ4v) is 3.04. The minimum Gasteiger partial charge on any atom is -0.497 e. The number of carbonyl (C=O) groups is 1. The van der Waals surface area contributed by atoms with Gasteiger partial charge in [-0.25, -0.2) is 0 Å². The standard InChI is InChI=1S/C16H12O2S/c1-18-12-8-6-11(7-9-12)10-15-16(17)13-4-2-3-5-14(13)19-15/h2-10H,1H3/b15-10+. The highest BCUT2D eigenvalue weighted by Crippen LogP contribution is 2.40. The van der Waals surface area contributed by atoms with Crippen molar-refractivity contribution in [1.29, 1.82) is 0 Å². The van der Waals surface area contributed by atoms with Gasteiger partial charge in [0, 0.05) is 10.5 Å². The first-order valence-electron chi connectivity index (χ1n) is 5.95. The van der Waals surface area contributed by atoms with Gasteiger partial charge in [-0.1, -0.05) is 36.0 Å². The molecule has 0 saturated heterocycles. The zero-order valence-corrected chi connectivity index (χ0v) is 11.2. The van der Waals surface area contributed by atoms with Crippen molar-refractivity contribution in [3.63, 3.8) is 0 Å². The summed E-state index contributed by atoms with van der Waals surface area (Å²) in [6, 6.07) is 15.4. The summed E-state index contributed by atoms with van der Waals surface area (Å²) in [5, 5.41) is 0. The van der Waals surface area contributed by atoms with Crippen LogP contribution in [0, 0.1) is 0 Å². The second kappa shape index (κ2) is 4.94. The maximum absolute atomic E-state index is 12.2. The lowest BCUT2D eigenvalue weighted by Crippen LogP contribution is -1.93. The largest absolute Gasteiger partial charge is 0.497 e. The van der Waals surface area contributed by atoms with Gasteiger partial charge in [0.25, 0.3) is 0 Å². The molecular weight excluding hydrogens is 256 g/mol. The van der Waals surface area contributed by atoms with E-state index in [1.54, 1.807) is 7.11 Å². The molecule has 1 aliphatic rings. The highest BCUT2D eigenvalue weighted by molar-refractivity contribution is 8.04. The lowest BCUT2D eigenvalue weighted by Gasteiger charge is -2.00. The first-order chi connectivity index (χ1) is 9.28. The second-order valence-corrected chi connectivity index (χ2v) is 5.29. The number of benzene rings is 2. The van der Waals surface area contributed by atoms with Crippen LogP contribution in [0.1, 0.15) is 15.9 Å². The van der Waals surface area contributed by atoms with Gasteiger partial charge in [-0.05, 0) is 35.9 Å². The third-order valence-electron chi connectivity index (χ3n) is 2.99. The van der Waals surface area contributed by atoms with E-state index < -0.39 is 0 Å². The van der Waals surface area contributed by atoms with Crippen molar-refractivity contribution < 1.29 is 9.53 Å². The van der Waals surface area contributed by atoms with E-state index in [-0.39, 0.29) is 5.78 Å². The normalized spacial score (nSPS) is 15.6. The van der Waals surface area contributed by atoms with Gasteiger partial charge < -0.3 is 4.74 Å². The van der Waals surface area contributed by atoms with Crippen LogP contribution < -0.4 is 4.74 Å². The van der Waals surface area contributed by atoms with Gasteiger partial charge in [0.2, 0.25) is 5.78 Å². The van der Waals surface area contributed by atoms with Crippen LogP contribution in [0.5, 0.6) is 5.75 Å². The van der Waals surface area contributed by atoms with E-state index in [1.165, 1.54) is 11.8 Å². The summed E-state index contributed by atoms with van der Waals surface area (Å²) in [7, 11) is 1.64. The van der Waals surface area contributed by atoms with Crippen molar-refractivity contribution >= 4 is 23.6 Å². The van der Waals surface area contributed by atoms with Crippen molar-refractivity contribution in [2.45, 2.75) is 4.90 Å². The molecule has 0 unspecified atom stereocenters. The highest BCUT2D eigenvalue weighted by Gasteiger charge is 2.24. The van der Waals surface area contributed by atoms with Crippen molar-refractivity contribution in [2.75, 3.05) is 7.11 Å². The topological polar surface area (TPSA) is 26.3 Å². The fraction of sp³-hybridized carbons (Fsp3) is 0.0625. The average molecular weight is 268 g/mol. The molecule has 0 amide bonds. The Morgan fingerprint density at radius 2 is 1.79 bits per heavy atom. The van der Waals surface area contributed by atoms with Crippen LogP contribution >= 0.6 is 11.8 Å². The number of Topliss-reactive ketones (excluding diaryl/α,β-unsaturated/α-hetero) is 1. The number of fused-ring (bicyclic) bond motifs is 1. The van der Waals surface area contributed by atoms with Gasteiger partial charge in [-0.15, -0.1) is 0 Å². The SMILES string of the molecule is COc1ccc(/C=C2/Sc3ccccc3C2=O)cc1. The van der Waals surface area contributed by atoms with Gasteiger partial charge >= 0.3 is 0 Å². The molecule has 19 heavy (non-hydrogen) atoms. The van der Waals surface area contributed by atoms with Gasteiger partial charge in [-0.2, -0.15) is 0 Å². The number of methoxy groups -OCH3 is 1. The third-order valence-corrected chi connectivity index (χ3v) is 4.09. The molecule has 0 spiro atoms. The quantitative estimate of drug-likeness (QED) is 0.769. The molecule has 3 rings (SSSR count). The van der Waals surface area contributed by atoms with Crippen LogP contribution in [0.15, 0.2) is 58.3 Å². The van der Waals surface area contributed by atoms with Gasteiger partial charge in [0.05, 0.1) is 12.0 Å². The molecule has 3 heteroatoms. The number of hydrogen-bond donors (Lipinski definition) is 0. The minimum absolute atomic E-state index is 0.108. The van der Waals surface area contributed by atoms with Crippen LogP contribution in [0.4, 0.5) is 0 Å². The summed E-state index contributed by atoms with van der Waals surface area (Å²) >= 11 is 1.53. The Kier molecular flexibility index (Phi) is 3.13. The lowest BCUT2D eigenvalue weighted by atomic mass is 10.1. The van der Waals surface area contributed by atoms with Gasteiger partial charge in [0.15, 0.2) is 0 Å². The van der Waals surface area contributed by atoms with E-state index >= 15 is 0 Å². The molecule has 0 fully saturated rings. The molecule has 2 nitrogen and oxygen atoms in total. The van der Waals surface area contributed by atoms with Crippen LogP contribution in [-0.4, -0.2) is 12.9 Å². The van der Waals surface area contributed by atoms with Crippen LogP contribution in [0.3, 0.4) is 0 Å². The summed E-state index contributed by atoms with van der Waals surface area (Å²) in [4.78, 5) is 14.0. The molecule has 0 N–H and O–H groups in total. The number of ether oxygens (including phenoxy) is 1. The maximum Gasteiger partial charge on any atom is 0.200 e. The van der Waals surface area contributed by atoms with Gasteiger partial charge in [0.1, 0.15) is 5.75 Å². The Balaban J connectivity index is 1.92.